The van der Waals surface area contributed by atoms with Gasteiger partial charge in [-0.3, -0.25) is 4.79 Å². The molecule has 0 saturated heterocycles. The van der Waals surface area contributed by atoms with Gasteiger partial charge >= 0.3 is 12.1 Å². The molecule has 6 heteroatoms. The first kappa shape index (κ1) is 21.6. The van der Waals surface area contributed by atoms with Gasteiger partial charge in [0, 0.05) is 37.0 Å². The molecule has 0 aliphatic heterocycles. The van der Waals surface area contributed by atoms with Crippen molar-refractivity contribution in [1.82, 2.24) is 10.2 Å². The highest BCUT2D eigenvalue weighted by atomic mass is 16.6. The Bertz CT molecular complexity index is 709. The van der Waals surface area contributed by atoms with Gasteiger partial charge in [-0.25, -0.2) is 4.79 Å². The summed E-state index contributed by atoms with van der Waals surface area (Å²) in [5.74, 6) is -0.431. The number of hydrogen-bond donors (Lipinski definition) is 2. The summed E-state index contributed by atoms with van der Waals surface area (Å²) in [6.07, 6.45) is 4.09. The Morgan fingerprint density at radius 2 is 1.93 bits per heavy atom. The predicted molar refractivity (Wildman–Crippen MR) is 112 cm³/mol. The molecule has 0 aromatic heterocycles. The van der Waals surface area contributed by atoms with Crippen molar-refractivity contribution in [2.24, 2.45) is 5.41 Å². The number of nitrogens with zero attached hydrogens (tertiary/aromatic N) is 1. The van der Waals surface area contributed by atoms with Gasteiger partial charge in [-0.2, -0.15) is 0 Å². The van der Waals surface area contributed by atoms with Gasteiger partial charge in [0.25, 0.3) is 0 Å². The lowest BCUT2D eigenvalue weighted by atomic mass is 9.68. The molecule has 2 atom stereocenters. The summed E-state index contributed by atoms with van der Waals surface area (Å²) >= 11 is 0. The van der Waals surface area contributed by atoms with Crippen molar-refractivity contribution in [2.45, 2.75) is 70.4 Å². The van der Waals surface area contributed by atoms with Crippen LogP contribution in [0.25, 0.3) is 0 Å². The van der Waals surface area contributed by atoms with E-state index in [1.54, 1.807) is 0 Å². The number of amides is 1. The molecule has 0 bridgehead atoms. The smallest absolute Gasteiger partial charge is 0.410 e. The van der Waals surface area contributed by atoms with E-state index in [-0.39, 0.29) is 24.0 Å². The summed E-state index contributed by atoms with van der Waals surface area (Å²) < 4.78 is 5.75. The first-order valence-corrected chi connectivity index (χ1v) is 10.7. The molecule has 29 heavy (non-hydrogen) atoms. The van der Waals surface area contributed by atoms with E-state index in [1.165, 1.54) is 5.56 Å². The Morgan fingerprint density at radius 3 is 2.48 bits per heavy atom. The fourth-order valence-corrected chi connectivity index (χ4v) is 4.20. The summed E-state index contributed by atoms with van der Waals surface area (Å²) in [7, 11) is 0. The summed E-state index contributed by atoms with van der Waals surface area (Å²) in [6.45, 7) is 7.56. The molecule has 0 heterocycles. The third kappa shape index (κ3) is 5.95. The monoisotopic (exact) mass is 402 g/mol. The molecule has 2 aliphatic carbocycles. The standard InChI is InChI=1S/C23H34N2O4/c1-22(2,3)29-21(28)25(19-14-18(19)17-8-5-4-6-9-17)16-23(11-7-12-23)15-24-13-10-20(26)27/h4-6,8-9,18-19,24H,7,10-16H2,1-3H3,(H,26,27)/t18-,19+/m1/s1. The minimum atomic E-state index is -0.792. The van der Waals surface area contributed by atoms with Crippen LogP contribution < -0.4 is 5.32 Å². The van der Waals surface area contributed by atoms with E-state index in [1.807, 2.05) is 43.9 Å². The number of carboxylic acids is 1. The number of carboxylic acid groups (broad SMARTS) is 1. The second-order valence-corrected chi connectivity index (χ2v) is 9.60. The van der Waals surface area contributed by atoms with Crippen molar-refractivity contribution in [1.29, 1.82) is 0 Å². The van der Waals surface area contributed by atoms with Gasteiger partial charge in [-0.15, -0.1) is 0 Å². The number of aliphatic carboxylic acids is 1. The molecule has 0 unspecified atom stereocenters. The van der Waals surface area contributed by atoms with E-state index in [0.29, 0.717) is 19.0 Å². The molecule has 0 spiro atoms. The first-order valence-electron chi connectivity index (χ1n) is 10.7. The predicted octanol–water partition coefficient (Wildman–Crippen LogP) is 4.01. The zero-order valence-corrected chi connectivity index (χ0v) is 17.8. The van der Waals surface area contributed by atoms with E-state index in [9.17, 15) is 9.59 Å². The Morgan fingerprint density at radius 1 is 1.24 bits per heavy atom. The molecular weight excluding hydrogens is 368 g/mol. The van der Waals surface area contributed by atoms with E-state index >= 15 is 0 Å². The molecule has 0 radical (unpaired) electrons. The van der Waals surface area contributed by atoms with Crippen molar-refractivity contribution in [3.05, 3.63) is 35.9 Å². The van der Waals surface area contributed by atoms with Crippen LogP contribution in [0.3, 0.4) is 0 Å². The lowest BCUT2D eigenvalue weighted by Crippen LogP contribution is -2.52. The van der Waals surface area contributed by atoms with E-state index in [0.717, 1.165) is 32.2 Å². The van der Waals surface area contributed by atoms with E-state index in [2.05, 4.69) is 17.4 Å². The van der Waals surface area contributed by atoms with Gasteiger partial charge in [-0.1, -0.05) is 36.8 Å². The second kappa shape index (κ2) is 8.74. The quantitative estimate of drug-likeness (QED) is 0.610. The lowest BCUT2D eigenvalue weighted by molar-refractivity contribution is -0.136. The van der Waals surface area contributed by atoms with Gasteiger partial charge < -0.3 is 20.1 Å². The third-order valence-electron chi connectivity index (χ3n) is 5.95. The molecule has 2 N–H and O–H groups in total. The molecular formula is C23H34N2O4. The van der Waals surface area contributed by atoms with E-state index < -0.39 is 11.6 Å². The van der Waals surface area contributed by atoms with Crippen molar-refractivity contribution in [3.63, 3.8) is 0 Å². The van der Waals surface area contributed by atoms with Gasteiger partial charge in [0.05, 0.1) is 6.42 Å². The highest BCUT2D eigenvalue weighted by Gasteiger charge is 2.49. The number of benzene rings is 1. The molecule has 2 aliphatic rings. The Labute approximate surface area is 173 Å². The molecule has 6 nitrogen and oxygen atoms in total. The number of hydrogen-bond acceptors (Lipinski definition) is 4. The second-order valence-electron chi connectivity index (χ2n) is 9.60. The Balaban J connectivity index is 1.68. The molecule has 1 aromatic rings. The highest BCUT2D eigenvalue weighted by Crippen LogP contribution is 2.48. The van der Waals surface area contributed by atoms with Crippen molar-refractivity contribution >= 4 is 12.1 Å². The number of carbonyl (C=O) groups excluding carboxylic acids is 1. The number of rotatable bonds is 9. The van der Waals surface area contributed by atoms with Crippen LogP contribution in [0.4, 0.5) is 4.79 Å². The van der Waals surface area contributed by atoms with Crippen LogP contribution in [-0.4, -0.2) is 53.3 Å². The molecule has 2 saturated carbocycles. The minimum absolute atomic E-state index is 0.0131. The van der Waals surface area contributed by atoms with Crippen LogP contribution in [-0.2, 0) is 9.53 Å². The SMILES string of the molecule is CC(C)(C)OC(=O)N(CC1(CNCCC(=O)O)CCC1)[C@H]1C[C@@H]1c1ccccc1. The van der Waals surface area contributed by atoms with Crippen molar-refractivity contribution in [3.8, 4) is 0 Å². The third-order valence-corrected chi connectivity index (χ3v) is 5.95. The Hall–Kier alpha value is -2.08. The van der Waals surface area contributed by atoms with Gasteiger partial charge in [0.15, 0.2) is 0 Å². The van der Waals surface area contributed by atoms with Crippen molar-refractivity contribution < 1.29 is 19.4 Å². The van der Waals surface area contributed by atoms with Gasteiger partial charge in [-0.05, 0) is 45.6 Å². The zero-order valence-electron chi connectivity index (χ0n) is 17.8. The maximum absolute atomic E-state index is 13.1. The van der Waals surface area contributed by atoms with Crippen LogP contribution in [0.2, 0.25) is 0 Å². The molecule has 160 valence electrons. The van der Waals surface area contributed by atoms with Crippen LogP contribution in [0, 0.1) is 5.41 Å². The maximum atomic E-state index is 13.1. The molecule has 3 rings (SSSR count). The summed E-state index contributed by atoms with van der Waals surface area (Å²) in [6, 6.07) is 10.5. The fourth-order valence-electron chi connectivity index (χ4n) is 4.20. The van der Waals surface area contributed by atoms with Gasteiger partial charge in [0.1, 0.15) is 5.60 Å². The zero-order chi connectivity index (χ0) is 21.1. The average molecular weight is 403 g/mol. The molecule has 1 aromatic carbocycles. The van der Waals surface area contributed by atoms with Crippen molar-refractivity contribution in [2.75, 3.05) is 19.6 Å². The highest BCUT2D eigenvalue weighted by molar-refractivity contribution is 5.69. The molecule has 2 fully saturated rings. The summed E-state index contributed by atoms with van der Waals surface area (Å²) in [4.78, 5) is 25.8. The number of nitrogens with one attached hydrogen (secondary N) is 1. The molecule has 1 amide bonds. The topological polar surface area (TPSA) is 78.9 Å². The van der Waals surface area contributed by atoms with Crippen LogP contribution in [0.1, 0.15) is 64.4 Å². The lowest BCUT2D eigenvalue weighted by Gasteiger charge is -2.45. The van der Waals surface area contributed by atoms with Gasteiger partial charge in [0.2, 0.25) is 0 Å². The van der Waals surface area contributed by atoms with Crippen LogP contribution >= 0.6 is 0 Å². The Kier molecular flexibility index (Phi) is 6.52. The largest absolute Gasteiger partial charge is 0.481 e. The fraction of sp³-hybridized carbons (Fsp3) is 0.652. The van der Waals surface area contributed by atoms with E-state index in [4.69, 9.17) is 9.84 Å². The number of ether oxygens (including phenoxy) is 1. The first-order chi connectivity index (χ1) is 13.7. The minimum Gasteiger partial charge on any atom is -0.481 e. The normalized spacial score (nSPS) is 22.4. The average Bonchev–Trinajstić information content (AvgIpc) is 3.39. The summed E-state index contributed by atoms with van der Waals surface area (Å²) in [5, 5.41) is 12.1. The summed E-state index contributed by atoms with van der Waals surface area (Å²) in [5.41, 5.74) is 0.756. The van der Waals surface area contributed by atoms with Crippen LogP contribution in [0.15, 0.2) is 30.3 Å². The maximum Gasteiger partial charge on any atom is 0.410 e. The van der Waals surface area contributed by atoms with Crippen LogP contribution in [0.5, 0.6) is 0 Å². The number of carbonyl (C=O) groups is 2.